The van der Waals surface area contributed by atoms with E-state index in [-0.39, 0.29) is 11.9 Å². The van der Waals surface area contributed by atoms with E-state index in [9.17, 15) is 0 Å². The van der Waals surface area contributed by atoms with Gasteiger partial charge in [-0.2, -0.15) is 0 Å². The Bertz CT molecular complexity index is 368. The van der Waals surface area contributed by atoms with E-state index in [0.717, 1.165) is 0 Å². The standard InChI is InChI=1S/C10H12Cl2N2O/c1-6(4-10(13)14)15-9-5-7(11)2-3-8(9)12/h2-3,5-6H,4H2,1H3,(H3,13,14). The molecule has 0 aliphatic rings. The molecule has 3 N–H and O–H groups in total. The quantitative estimate of drug-likeness (QED) is 0.634. The molecule has 1 rings (SSSR count). The van der Waals surface area contributed by atoms with Crippen molar-refractivity contribution >= 4 is 29.0 Å². The summed E-state index contributed by atoms with van der Waals surface area (Å²) in [5.41, 5.74) is 5.26. The monoisotopic (exact) mass is 246 g/mol. The lowest BCUT2D eigenvalue weighted by Crippen LogP contribution is -2.21. The highest BCUT2D eigenvalue weighted by atomic mass is 35.5. The van der Waals surface area contributed by atoms with E-state index >= 15 is 0 Å². The van der Waals surface area contributed by atoms with Gasteiger partial charge in [0, 0.05) is 17.5 Å². The van der Waals surface area contributed by atoms with Crippen LogP contribution in [0, 0.1) is 5.41 Å². The molecule has 1 aromatic carbocycles. The Balaban J connectivity index is 2.71. The predicted octanol–water partition coefficient (Wildman–Crippen LogP) is 3.09. The van der Waals surface area contributed by atoms with Crippen LogP contribution in [0.4, 0.5) is 0 Å². The molecule has 82 valence electrons. The SMILES string of the molecule is CC(CC(=N)N)Oc1cc(Cl)ccc1Cl. The van der Waals surface area contributed by atoms with Gasteiger partial charge in [0.05, 0.1) is 10.9 Å². The van der Waals surface area contributed by atoms with Gasteiger partial charge in [-0.05, 0) is 19.1 Å². The van der Waals surface area contributed by atoms with Crippen molar-refractivity contribution in [3.8, 4) is 5.75 Å². The molecular formula is C10H12Cl2N2O. The molecule has 1 atom stereocenters. The van der Waals surface area contributed by atoms with Gasteiger partial charge in [0.2, 0.25) is 0 Å². The Kier molecular flexibility index (Phi) is 4.24. The topological polar surface area (TPSA) is 59.1 Å². The lowest BCUT2D eigenvalue weighted by molar-refractivity contribution is 0.229. The van der Waals surface area contributed by atoms with Crippen molar-refractivity contribution in [2.75, 3.05) is 0 Å². The zero-order valence-corrected chi connectivity index (χ0v) is 9.77. The molecule has 1 unspecified atom stereocenters. The normalized spacial score (nSPS) is 12.2. The summed E-state index contributed by atoms with van der Waals surface area (Å²) >= 11 is 11.7. The molecular weight excluding hydrogens is 235 g/mol. The molecule has 3 nitrogen and oxygen atoms in total. The first-order valence-electron chi connectivity index (χ1n) is 4.43. The van der Waals surface area contributed by atoms with Gasteiger partial charge in [-0.15, -0.1) is 0 Å². The fourth-order valence-electron chi connectivity index (χ4n) is 1.14. The van der Waals surface area contributed by atoms with Crippen molar-refractivity contribution < 1.29 is 4.74 Å². The highest BCUT2D eigenvalue weighted by Gasteiger charge is 2.09. The number of hydrogen-bond donors (Lipinski definition) is 2. The van der Waals surface area contributed by atoms with E-state index < -0.39 is 0 Å². The second-order valence-corrected chi connectivity index (χ2v) is 4.08. The summed E-state index contributed by atoms with van der Waals surface area (Å²) < 4.78 is 5.50. The number of benzene rings is 1. The van der Waals surface area contributed by atoms with E-state index in [1.807, 2.05) is 6.92 Å². The summed E-state index contributed by atoms with van der Waals surface area (Å²) in [6, 6.07) is 4.99. The van der Waals surface area contributed by atoms with Crippen LogP contribution in [-0.4, -0.2) is 11.9 Å². The Hall–Kier alpha value is -0.930. The number of rotatable bonds is 4. The molecule has 0 bridgehead atoms. The first-order chi connectivity index (χ1) is 6.99. The minimum Gasteiger partial charge on any atom is -0.489 e. The Morgan fingerprint density at radius 3 is 2.80 bits per heavy atom. The Labute approximate surface area is 98.6 Å². The van der Waals surface area contributed by atoms with Crippen LogP contribution in [0.1, 0.15) is 13.3 Å². The van der Waals surface area contributed by atoms with E-state index in [0.29, 0.717) is 22.2 Å². The molecule has 0 spiro atoms. The molecule has 0 saturated heterocycles. The van der Waals surface area contributed by atoms with Gasteiger partial charge in [-0.25, -0.2) is 0 Å². The molecule has 5 heteroatoms. The van der Waals surface area contributed by atoms with E-state index in [1.165, 1.54) is 0 Å². The smallest absolute Gasteiger partial charge is 0.139 e. The average Bonchev–Trinajstić information content (AvgIpc) is 2.10. The minimum atomic E-state index is -0.196. The second-order valence-electron chi connectivity index (χ2n) is 3.23. The third-order valence-electron chi connectivity index (χ3n) is 1.73. The van der Waals surface area contributed by atoms with Crippen LogP contribution in [0.25, 0.3) is 0 Å². The molecule has 1 aromatic rings. The highest BCUT2D eigenvalue weighted by Crippen LogP contribution is 2.28. The van der Waals surface area contributed by atoms with Crippen molar-refractivity contribution in [3.63, 3.8) is 0 Å². The maximum absolute atomic E-state index is 7.13. The van der Waals surface area contributed by atoms with Crippen molar-refractivity contribution in [1.82, 2.24) is 0 Å². The van der Waals surface area contributed by atoms with Gasteiger partial charge >= 0.3 is 0 Å². The predicted molar refractivity (Wildman–Crippen MR) is 63.1 cm³/mol. The van der Waals surface area contributed by atoms with Gasteiger partial charge in [-0.3, -0.25) is 5.41 Å². The molecule has 0 amide bonds. The van der Waals surface area contributed by atoms with Crippen LogP contribution >= 0.6 is 23.2 Å². The van der Waals surface area contributed by atoms with Crippen molar-refractivity contribution in [2.24, 2.45) is 5.73 Å². The number of nitrogens with two attached hydrogens (primary N) is 1. The Morgan fingerprint density at radius 2 is 2.20 bits per heavy atom. The van der Waals surface area contributed by atoms with Gasteiger partial charge in [0.1, 0.15) is 11.9 Å². The minimum absolute atomic E-state index is 0.0839. The number of hydrogen-bond acceptors (Lipinski definition) is 2. The van der Waals surface area contributed by atoms with Crippen LogP contribution < -0.4 is 10.5 Å². The highest BCUT2D eigenvalue weighted by molar-refractivity contribution is 6.34. The fraction of sp³-hybridized carbons (Fsp3) is 0.300. The van der Waals surface area contributed by atoms with Crippen LogP contribution in [0.15, 0.2) is 18.2 Å². The lowest BCUT2D eigenvalue weighted by atomic mass is 10.2. The van der Waals surface area contributed by atoms with Gasteiger partial charge in [0.15, 0.2) is 0 Å². The first-order valence-corrected chi connectivity index (χ1v) is 5.19. The largest absolute Gasteiger partial charge is 0.489 e. The van der Waals surface area contributed by atoms with Crippen molar-refractivity contribution in [2.45, 2.75) is 19.4 Å². The van der Waals surface area contributed by atoms with Crippen LogP contribution in [-0.2, 0) is 0 Å². The maximum atomic E-state index is 7.13. The van der Waals surface area contributed by atoms with Gasteiger partial charge in [-0.1, -0.05) is 23.2 Å². The zero-order valence-electron chi connectivity index (χ0n) is 8.26. The fourth-order valence-corrected chi connectivity index (χ4v) is 1.46. The molecule has 0 saturated carbocycles. The molecule has 0 aromatic heterocycles. The average molecular weight is 247 g/mol. The third kappa shape index (κ3) is 3.98. The van der Waals surface area contributed by atoms with E-state index in [2.05, 4.69) is 0 Å². The second kappa shape index (κ2) is 5.24. The molecule has 0 fully saturated rings. The van der Waals surface area contributed by atoms with Crippen molar-refractivity contribution in [3.05, 3.63) is 28.2 Å². The number of ether oxygens (including phenoxy) is 1. The van der Waals surface area contributed by atoms with E-state index in [4.69, 9.17) is 39.1 Å². The first kappa shape index (κ1) is 12.1. The maximum Gasteiger partial charge on any atom is 0.139 e. The summed E-state index contributed by atoms with van der Waals surface area (Å²) in [6.07, 6.45) is 0.168. The van der Waals surface area contributed by atoms with Crippen LogP contribution in [0.5, 0.6) is 5.75 Å². The van der Waals surface area contributed by atoms with E-state index in [1.54, 1.807) is 18.2 Å². The third-order valence-corrected chi connectivity index (χ3v) is 2.28. The summed E-state index contributed by atoms with van der Waals surface area (Å²) in [4.78, 5) is 0. The molecule has 0 aliphatic heterocycles. The molecule has 15 heavy (non-hydrogen) atoms. The summed E-state index contributed by atoms with van der Waals surface area (Å²) in [5, 5.41) is 8.18. The summed E-state index contributed by atoms with van der Waals surface area (Å²) in [6.45, 7) is 1.82. The molecule has 0 radical (unpaired) electrons. The molecule has 0 heterocycles. The zero-order chi connectivity index (χ0) is 11.4. The lowest BCUT2D eigenvalue weighted by Gasteiger charge is -2.15. The van der Waals surface area contributed by atoms with Gasteiger partial charge in [0.25, 0.3) is 0 Å². The van der Waals surface area contributed by atoms with Crippen molar-refractivity contribution in [1.29, 1.82) is 5.41 Å². The van der Waals surface area contributed by atoms with Gasteiger partial charge < -0.3 is 10.5 Å². The number of nitrogens with one attached hydrogen (secondary N) is 1. The summed E-state index contributed by atoms with van der Waals surface area (Å²) in [5.74, 6) is 0.596. The molecule has 0 aliphatic carbocycles. The summed E-state index contributed by atoms with van der Waals surface area (Å²) in [7, 11) is 0. The Morgan fingerprint density at radius 1 is 1.53 bits per heavy atom. The number of amidine groups is 1. The number of halogens is 2. The van der Waals surface area contributed by atoms with Crippen LogP contribution in [0.2, 0.25) is 10.0 Å². The van der Waals surface area contributed by atoms with Crippen LogP contribution in [0.3, 0.4) is 0 Å².